The van der Waals surface area contributed by atoms with Crippen LogP contribution >= 0.6 is 0 Å². The lowest BCUT2D eigenvalue weighted by Crippen LogP contribution is -2.53. The van der Waals surface area contributed by atoms with Crippen LogP contribution in [0.15, 0.2) is 53.4 Å². The molecule has 230 valence electrons. The Morgan fingerprint density at radius 2 is 1.81 bits per heavy atom. The van der Waals surface area contributed by atoms with Crippen LogP contribution in [-0.4, -0.2) is 80.6 Å². The smallest absolute Gasteiger partial charge is 0.234 e. The zero-order valence-electron chi connectivity index (χ0n) is 24.9. The lowest BCUT2D eigenvalue weighted by Gasteiger charge is -2.44. The molecule has 2 aromatic carbocycles. The standard InChI is InChI=1S/C33H47N3O5S/c1-2-25-12-14-31-27(21-25)29(22-33(42(31,39)40)15-7-4-8-16-33)34-23-30(37)28(13-11-26-9-5-3-6-10-26)35-32(38)24-36-17-19-41-20-18-36/h3,5-6,9-10,12,14,21,28-30,34,37H,2,4,7-8,11,13,15-20,22-24H2,1H3,(H,35,38)/t28-,29+,30+/m0/s1. The van der Waals surface area contributed by atoms with Gasteiger partial charge in [0.1, 0.15) is 0 Å². The van der Waals surface area contributed by atoms with Crippen LogP contribution in [0.2, 0.25) is 0 Å². The van der Waals surface area contributed by atoms with Crippen LogP contribution in [-0.2, 0) is 32.2 Å². The Hall–Kier alpha value is -2.30. The number of nitrogens with zero attached hydrogens (tertiary/aromatic N) is 1. The molecule has 3 atom stereocenters. The average molecular weight is 598 g/mol. The minimum atomic E-state index is -3.46. The van der Waals surface area contributed by atoms with Gasteiger partial charge < -0.3 is 20.5 Å². The van der Waals surface area contributed by atoms with Gasteiger partial charge in [-0.2, -0.15) is 0 Å². The number of hydrogen-bond acceptors (Lipinski definition) is 7. The first kappa shape index (κ1) is 31.1. The topological polar surface area (TPSA) is 108 Å². The van der Waals surface area contributed by atoms with Gasteiger partial charge in [-0.1, -0.05) is 68.7 Å². The van der Waals surface area contributed by atoms with Gasteiger partial charge in [0, 0.05) is 25.7 Å². The summed E-state index contributed by atoms with van der Waals surface area (Å²) in [6.07, 6.45) is 6.12. The number of aliphatic hydroxyl groups excluding tert-OH is 1. The van der Waals surface area contributed by atoms with Crippen molar-refractivity contribution in [3.05, 3.63) is 65.2 Å². The molecule has 3 N–H and O–H groups in total. The Kier molecular flexibility index (Phi) is 10.4. The van der Waals surface area contributed by atoms with Gasteiger partial charge in [-0.3, -0.25) is 9.69 Å². The fraction of sp³-hybridized carbons (Fsp3) is 0.606. The number of benzene rings is 2. The maximum absolute atomic E-state index is 13.9. The SMILES string of the molecule is CCc1ccc2c(c1)[C@H](NC[C@@H](O)[C@H](CCc1ccccc1)NC(=O)CN1CCOCC1)CC1(CCCCC1)S2(=O)=O. The first-order valence-corrected chi connectivity index (χ1v) is 17.2. The summed E-state index contributed by atoms with van der Waals surface area (Å²) in [4.78, 5) is 15.6. The molecule has 2 aliphatic heterocycles. The zero-order chi connectivity index (χ0) is 29.6. The van der Waals surface area contributed by atoms with E-state index in [1.54, 1.807) is 6.07 Å². The van der Waals surface area contributed by atoms with E-state index in [9.17, 15) is 18.3 Å². The van der Waals surface area contributed by atoms with E-state index in [1.165, 1.54) is 0 Å². The number of aryl methyl sites for hydroxylation is 2. The van der Waals surface area contributed by atoms with Gasteiger partial charge in [0.25, 0.3) is 0 Å². The largest absolute Gasteiger partial charge is 0.390 e. The normalized spacial score (nSPS) is 23.1. The monoisotopic (exact) mass is 597 g/mol. The third-order valence-electron chi connectivity index (χ3n) is 9.50. The van der Waals surface area contributed by atoms with Crippen molar-refractivity contribution in [1.82, 2.24) is 15.5 Å². The molecular weight excluding hydrogens is 550 g/mol. The van der Waals surface area contributed by atoms with Gasteiger partial charge in [0.05, 0.1) is 41.5 Å². The van der Waals surface area contributed by atoms with E-state index >= 15 is 0 Å². The zero-order valence-corrected chi connectivity index (χ0v) is 25.7. The number of carbonyl (C=O) groups is 1. The Balaban J connectivity index is 1.32. The number of ether oxygens (including phenoxy) is 1. The second-order valence-electron chi connectivity index (χ2n) is 12.3. The molecule has 9 heteroatoms. The number of sulfone groups is 1. The molecule has 5 rings (SSSR count). The van der Waals surface area contributed by atoms with E-state index in [1.807, 2.05) is 30.3 Å². The highest BCUT2D eigenvalue weighted by Crippen LogP contribution is 2.50. The summed E-state index contributed by atoms with van der Waals surface area (Å²) in [5.74, 6) is -0.100. The first-order chi connectivity index (χ1) is 20.3. The Morgan fingerprint density at radius 3 is 2.52 bits per heavy atom. The molecule has 1 spiro atoms. The van der Waals surface area contributed by atoms with Crippen molar-refractivity contribution in [3.8, 4) is 0 Å². The van der Waals surface area contributed by atoms with Gasteiger partial charge in [-0.05, 0) is 61.3 Å². The highest BCUT2D eigenvalue weighted by atomic mass is 32.2. The Morgan fingerprint density at radius 1 is 1.07 bits per heavy atom. The summed E-state index contributed by atoms with van der Waals surface area (Å²) in [6, 6.07) is 15.3. The van der Waals surface area contributed by atoms with E-state index in [4.69, 9.17) is 4.74 Å². The highest BCUT2D eigenvalue weighted by Gasteiger charge is 2.51. The molecular formula is C33H47N3O5S. The molecule has 2 fully saturated rings. The van der Waals surface area contributed by atoms with Crippen molar-refractivity contribution >= 4 is 15.7 Å². The lowest BCUT2D eigenvalue weighted by atomic mass is 9.81. The molecule has 42 heavy (non-hydrogen) atoms. The van der Waals surface area contributed by atoms with E-state index in [2.05, 4.69) is 34.6 Å². The van der Waals surface area contributed by atoms with Crippen LogP contribution in [0.3, 0.4) is 0 Å². The Bertz CT molecular complexity index is 1290. The van der Waals surface area contributed by atoms with Crippen LogP contribution < -0.4 is 10.6 Å². The second kappa shape index (κ2) is 14.0. The number of hydrogen-bond donors (Lipinski definition) is 3. The van der Waals surface area contributed by atoms with Crippen LogP contribution in [0, 0.1) is 0 Å². The van der Waals surface area contributed by atoms with Crippen molar-refractivity contribution in [2.45, 2.75) is 92.5 Å². The molecule has 1 saturated carbocycles. The third-order valence-corrected chi connectivity index (χ3v) is 12.2. The van der Waals surface area contributed by atoms with E-state index in [0.29, 0.717) is 43.8 Å². The summed E-state index contributed by atoms with van der Waals surface area (Å²) in [7, 11) is -3.46. The summed E-state index contributed by atoms with van der Waals surface area (Å²) >= 11 is 0. The maximum Gasteiger partial charge on any atom is 0.234 e. The molecule has 1 amide bonds. The van der Waals surface area contributed by atoms with Crippen molar-refractivity contribution in [2.75, 3.05) is 39.4 Å². The van der Waals surface area contributed by atoms with Crippen molar-refractivity contribution < 1.29 is 23.1 Å². The summed E-state index contributed by atoms with van der Waals surface area (Å²) in [6.45, 7) is 5.30. The molecule has 2 aromatic rings. The molecule has 1 saturated heterocycles. The van der Waals surface area contributed by atoms with E-state index in [0.717, 1.165) is 61.9 Å². The van der Waals surface area contributed by atoms with Crippen molar-refractivity contribution in [3.63, 3.8) is 0 Å². The molecule has 1 aliphatic carbocycles. The van der Waals surface area contributed by atoms with Gasteiger partial charge >= 0.3 is 0 Å². The fourth-order valence-corrected chi connectivity index (χ4v) is 9.40. The predicted octanol–water partition coefficient (Wildman–Crippen LogP) is 3.57. The quantitative estimate of drug-likeness (QED) is 0.364. The van der Waals surface area contributed by atoms with Crippen LogP contribution in [0.1, 0.15) is 74.6 Å². The summed E-state index contributed by atoms with van der Waals surface area (Å²) in [5.41, 5.74) is 3.07. The minimum Gasteiger partial charge on any atom is -0.390 e. The van der Waals surface area contributed by atoms with Crippen molar-refractivity contribution in [2.24, 2.45) is 0 Å². The van der Waals surface area contributed by atoms with E-state index in [-0.39, 0.29) is 25.0 Å². The van der Waals surface area contributed by atoms with Crippen LogP contribution in [0.4, 0.5) is 0 Å². The van der Waals surface area contributed by atoms with Gasteiger partial charge in [0.15, 0.2) is 9.84 Å². The van der Waals surface area contributed by atoms with E-state index < -0.39 is 26.7 Å². The maximum atomic E-state index is 13.9. The molecule has 0 unspecified atom stereocenters. The molecule has 8 nitrogen and oxygen atoms in total. The van der Waals surface area contributed by atoms with Crippen molar-refractivity contribution in [1.29, 1.82) is 0 Å². The molecule has 3 aliphatic rings. The number of aliphatic hydroxyl groups is 1. The number of fused-ring (bicyclic) bond motifs is 1. The third kappa shape index (κ3) is 7.08. The van der Waals surface area contributed by atoms with Gasteiger partial charge in [-0.15, -0.1) is 0 Å². The average Bonchev–Trinajstić information content (AvgIpc) is 3.01. The van der Waals surface area contributed by atoms with Gasteiger partial charge in [-0.25, -0.2) is 8.42 Å². The van der Waals surface area contributed by atoms with Crippen LogP contribution in [0.5, 0.6) is 0 Å². The summed E-state index contributed by atoms with van der Waals surface area (Å²) < 4.78 is 32.5. The highest BCUT2D eigenvalue weighted by molar-refractivity contribution is 7.93. The number of rotatable bonds is 11. The molecule has 2 heterocycles. The second-order valence-corrected chi connectivity index (χ2v) is 14.6. The fourth-order valence-electron chi connectivity index (χ4n) is 6.96. The number of amides is 1. The van der Waals surface area contributed by atoms with Crippen LogP contribution in [0.25, 0.3) is 0 Å². The Labute approximate surface area is 251 Å². The predicted molar refractivity (Wildman–Crippen MR) is 164 cm³/mol. The minimum absolute atomic E-state index is 0.100. The number of morpholine rings is 1. The molecule has 0 aromatic heterocycles. The molecule has 0 radical (unpaired) electrons. The molecule has 0 bridgehead atoms. The summed E-state index contributed by atoms with van der Waals surface area (Å²) in [5, 5.41) is 18.2. The number of nitrogens with one attached hydrogen (secondary N) is 2. The lowest BCUT2D eigenvalue weighted by molar-refractivity contribution is -0.124. The first-order valence-electron chi connectivity index (χ1n) is 15.7. The number of carbonyl (C=O) groups excluding carboxylic acids is 1. The van der Waals surface area contributed by atoms with Gasteiger partial charge in [0.2, 0.25) is 5.91 Å².